The molecule has 1 N–H and O–H groups in total. The quantitative estimate of drug-likeness (QED) is 0.728. The maximum absolute atomic E-state index is 12.5. The molecule has 0 bridgehead atoms. The third kappa shape index (κ3) is 1.85. The molecular weight excluding hydrogens is 272 g/mol. The largest absolute Gasteiger partial charge is 0.393 e. The number of carbonyl (C=O) groups excluding carboxylic acids is 1. The molecule has 2 nitrogen and oxygen atoms in total. The number of ketones is 1. The minimum absolute atomic E-state index is 0.0159. The van der Waals surface area contributed by atoms with E-state index in [0.717, 1.165) is 43.9 Å². The Bertz CT molecular complexity index is 486. The van der Waals surface area contributed by atoms with Gasteiger partial charge in [0.05, 0.1) is 6.10 Å². The van der Waals surface area contributed by atoms with Crippen LogP contribution in [0.25, 0.3) is 0 Å². The van der Waals surface area contributed by atoms with E-state index in [9.17, 15) is 9.90 Å². The number of hydrogen-bond donors (Lipinski definition) is 1. The van der Waals surface area contributed by atoms with Gasteiger partial charge in [0, 0.05) is 11.8 Å². The molecule has 124 valence electrons. The summed E-state index contributed by atoms with van der Waals surface area (Å²) in [6.07, 6.45) is 8.81. The van der Waals surface area contributed by atoms with Crippen LogP contribution in [0.15, 0.2) is 0 Å². The van der Waals surface area contributed by atoms with Gasteiger partial charge < -0.3 is 5.11 Å². The minimum atomic E-state index is -0.0631. The van der Waals surface area contributed by atoms with E-state index in [1.54, 1.807) is 0 Å². The zero-order valence-corrected chi connectivity index (χ0v) is 14.5. The molecular formula is C20H32O2. The Hall–Kier alpha value is -0.370. The molecule has 0 radical (unpaired) electrons. The monoisotopic (exact) mass is 304 g/mol. The second-order valence-corrected chi connectivity index (χ2v) is 9.57. The van der Waals surface area contributed by atoms with E-state index in [4.69, 9.17) is 0 Å². The molecule has 0 amide bonds. The zero-order valence-electron chi connectivity index (χ0n) is 14.5. The van der Waals surface area contributed by atoms with Crippen LogP contribution in [-0.4, -0.2) is 17.0 Å². The molecule has 0 aromatic heterocycles. The lowest BCUT2D eigenvalue weighted by Crippen LogP contribution is -2.56. The van der Waals surface area contributed by atoms with Gasteiger partial charge in [0.2, 0.25) is 0 Å². The van der Waals surface area contributed by atoms with Gasteiger partial charge in [-0.15, -0.1) is 0 Å². The highest BCUT2D eigenvalue weighted by Crippen LogP contribution is 2.66. The van der Waals surface area contributed by atoms with Gasteiger partial charge in [-0.2, -0.15) is 0 Å². The molecule has 0 aromatic rings. The molecule has 0 saturated heterocycles. The number of aliphatic hydroxyl groups excluding tert-OH is 1. The number of rotatable bonds is 0. The lowest BCUT2D eigenvalue weighted by Gasteiger charge is -2.62. The second kappa shape index (κ2) is 4.82. The summed E-state index contributed by atoms with van der Waals surface area (Å²) in [5.74, 6) is 4.11. The van der Waals surface area contributed by atoms with Crippen LogP contribution in [-0.2, 0) is 4.79 Å². The Morgan fingerprint density at radius 2 is 1.91 bits per heavy atom. The summed E-state index contributed by atoms with van der Waals surface area (Å²) < 4.78 is 0. The number of Topliss-reactive ketones (excluding diaryl/α,β-unsaturated/α-hetero) is 1. The Balaban J connectivity index is 1.69. The van der Waals surface area contributed by atoms with Gasteiger partial charge in [0.25, 0.3) is 0 Å². The first-order chi connectivity index (χ1) is 10.4. The summed E-state index contributed by atoms with van der Waals surface area (Å²) in [5, 5.41) is 10.1. The normalized spacial score (nSPS) is 57.9. The standard InChI is InChI=1S/C20H32O2/c1-12-11-20(3)16(6-7-17(20)22)15-5-4-13-10-14(21)8-9-19(13,2)18(12)15/h12-16,18,21H,4-11H2,1-3H3/t12-,13-,14-,15-,16-,18-,19-,20-/m0/s1. The number of carbonyl (C=O) groups is 1. The van der Waals surface area contributed by atoms with Gasteiger partial charge in [-0.1, -0.05) is 20.8 Å². The van der Waals surface area contributed by atoms with Crippen LogP contribution >= 0.6 is 0 Å². The van der Waals surface area contributed by atoms with Crippen LogP contribution in [0.4, 0.5) is 0 Å². The molecule has 0 aliphatic heterocycles. The minimum Gasteiger partial charge on any atom is -0.393 e. The van der Waals surface area contributed by atoms with E-state index in [-0.39, 0.29) is 11.5 Å². The van der Waals surface area contributed by atoms with Crippen molar-refractivity contribution >= 4 is 5.78 Å². The summed E-state index contributed by atoms with van der Waals surface area (Å²) in [7, 11) is 0. The van der Waals surface area contributed by atoms with Crippen molar-refractivity contribution in [3.63, 3.8) is 0 Å². The van der Waals surface area contributed by atoms with Crippen molar-refractivity contribution < 1.29 is 9.90 Å². The van der Waals surface area contributed by atoms with Gasteiger partial charge in [0.15, 0.2) is 0 Å². The van der Waals surface area contributed by atoms with E-state index >= 15 is 0 Å². The summed E-state index contributed by atoms with van der Waals surface area (Å²) in [6.45, 7) is 7.22. The fourth-order valence-electron chi connectivity index (χ4n) is 7.71. The molecule has 2 heteroatoms. The number of aliphatic hydroxyl groups is 1. The highest BCUT2D eigenvalue weighted by molar-refractivity contribution is 5.87. The molecule has 4 rings (SSSR count). The fourth-order valence-corrected chi connectivity index (χ4v) is 7.71. The Morgan fingerprint density at radius 1 is 1.14 bits per heavy atom. The maximum atomic E-state index is 12.5. The predicted molar refractivity (Wildman–Crippen MR) is 87.3 cm³/mol. The van der Waals surface area contributed by atoms with Crippen molar-refractivity contribution in [1.29, 1.82) is 0 Å². The lowest BCUT2D eigenvalue weighted by atomic mass is 9.43. The molecule has 0 aromatic carbocycles. The van der Waals surface area contributed by atoms with Crippen LogP contribution < -0.4 is 0 Å². The van der Waals surface area contributed by atoms with Crippen molar-refractivity contribution in [3.8, 4) is 0 Å². The molecule has 22 heavy (non-hydrogen) atoms. The van der Waals surface area contributed by atoms with Gasteiger partial charge in [-0.3, -0.25) is 4.79 Å². The molecule has 8 atom stereocenters. The average molecular weight is 304 g/mol. The van der Waals surface area contributed by atoms with Crippen LogP contribution in [0, 0.1) is 40.4 Å². The summed E-state index contributed by atoms with van der Waals surface area (Å²) in [4.78, 5) is 12.5. The van der Waals surface area contributed by atoms with Gasteiger partial charge >= 0.3 is 0 Å². The zero-order chi connectivity index (χ0) is 15.7. The smallest absolute Gasteiger partial charge is 0.139 e. The third-order valence-corrected chi connectivity index (χ3v) is 8.59. The molecule has 0 heterocycles. The number of fused-ring (bicyclic) bond motifs is 5. The van der Waals surface area contributed by atoms with Crippen molar-refractivity contribution in [3.05, 3.63) is 0 Å². The van der Waals surface area contributed by atoms with Crippen LogP contribution in [0.3, 0.4) is 0 Å². The Labute approximate surface area is 135 Å². The molecule has 4 fully saturated rings. The van der Waals surface area contributed by atoms with Gasteiger partial charge in [0.1, 0.15) is 5.78 Å². The van der Waals surface area contributed by atoms with Crippen LogP contribution in [0.2, 0.25) is 0 Å². The first-order valence-electron chi connectivity index (χ1n) is 9.57. The van der Waals surface area contributed by atoms with E-state index in [1.807, 2.05) is 0 Å². The Kier molecular flexibility index (Phi) is 3.32. The highest BCUT2D eigenvalue weighted by atomic mass is 16.3. The molecule has 4 aliphatic rings. The third-order valence-electron chi connectivity index (χ3n) is 8.59. The summed E-state index contributed by atoms with van der Waals surface area (Å²) in [6, 6.07) is 0. The van der Waals surface area contributed by atoms with Crippen molar-refractivity contribution in [1.82, 2.24) is 0 Å². The van der Waals surface area contributed by atoms with E-state index in [2.05, 4.69) is 20.8 Å². The molecule has 4 saturated carbocycles. The van der Waals surface area contributed by atoms with E-state index in [1.165, 1.54) is 19.3 Å². The van der Waals surface area contributed by atoms with Crippen molar-refractivity contribution in [2.75, 3.05) is 0 Å². The molecule has 0 spiro atoms. The second-order valence-electron chi connectivity index (χ2n) is 9.57. The Morgan fingerprint density at radius 3 is 2.68 bits per heavy atom. The lowest BCUT2D eigenvalue weighted by molar-refractivity contribution is -0.155. The highest BCUT2D eigenvalue weighted by Gasteiger charge is 2.62. The first kappa shape index (κ1) is 15.2. The van der Waals surface area contributed by atoms with E-state index < -0.39 is 0 Å². The van der Waals surface area contributed by atoms with Crippen LogP contribution in [0.1, 0.15) is 72.1 Å². The number of hydrogen-bond acceptors (Lipinski definition) is 2. The first-order valence-corrected chi connectivity index (χ1v) is 9.57. The van der Waals surface area contributed by atoms with E-state index in [0.29, 0.717) is 29.0 Å². The molecule has 4 aliphatic carbocycles. The maximum Gasteiger partial charge on any atom is 0.139 e. The average Bonchev–Trinajstić information content (AvgIpc) is 2.75. The summed E-state index contributed by atoms with van der Waals surface area (Å²) in [5.41, 5.74) is 0.395. The van der Waals surface area contributed by atoms with Crippen molar-refractivity contribution in [2.45, 2.75) is 78.2 Å². The predicted octanol–water partition coefficient (Wildman–Crippen LogP) is 4.21. The van der Waals surface area contributed by atoms with Gasteiger partial charge in [-0.25, -0.2) is 0 Å². The van der Waals surface area contributed by atoms with Crippen LogP contribution in [0.5, 0.6) is 0 Å². The molecule has 0 unspecified atom stereocenters. The van der Waals surface area contributed by atoms with Gasteiger partial charge in [-0.05, 0) is 80.0 Å². The topological polar surface area (TPSA) is 37.3 Å². The summed E-state index contributed by atoms with van der Waals surface area (Å²) >= 11 is 0. The fraction of sp³-hybridized carbons (Fsp3) is 0.950. The van der Waals surface area contributed by atoms with Crippen molar-refractivity contribution in [2.24, 2.45) is 40.4 Å². The SMILES string of the molecule is C[C@H]1C[C@]2(C)C(=O)CC[C@H]2[C@@H]2CC[C@H]3C[C@@H](O)CC[C@]3(C)[C@H]21.